The number of halogens is 1. The van der Waals surface area contributed by atoms with Gasteiger partial charge in [-0.3, -0.25) is 9.59 Å². The molecule has 4 N–H and O–H groups in total. The van der Waals surface area contributed by atoms with E-state index in [0.29, 0.717) is 20.5 Å². The molecule has 1 heterocycles. The Morgan fingerprint density at radius 3 is 2.80 bits per heavy atom. The largest absolute Gasteiger partial charge is 0.381 e. The van der Waals surface area contributed by atoms with Gasteiger partial charge in [0.05, 0.1) is 11.4 Å². The minimum atomic E-state index is -1.44. The minimum absolute atomic E-state index is 0.273. The van der Waals surface area contributed by atoms with Crippen molar-refractivity contribution in [2.24, 2.45) is 5.73 Å². The van der Waals surface area contributed by atoms with Crippen molar-refractivity contribution < 1.29 is 19.1 Å². The van der Waals surface area contributed by atoms with Crippen LogP contribution in [0.25, 0.3) is 10.1 Å². The van der Waals surface area contributed by atoms with Crippen LogP contribution in [0, 0.1) is 12.7 Å². The zero-order valence-electron chi connectivity index (χ0n) is 10.6. The smallest absolute Gasteiger partial charge is 0.261 e. The van der Waals surface area contributed by atoms with Gasteiger partial charge in [0.2, 0.25) is 5.91 Å². The van der Waals surface area contributed by atoms with Crippen molar-refractivity contribution in [3.8, 4) is 0 Å². The van der Waals surface area contributed by atoms with Gasteiger partial charge in [0.15, 0.2) is 0 Å². The van der Waals surface area contributed by atoms with E-state index in [0.717, 1.165) is 11.3 Å². The number of aryl methyl sites for hydroxylation is 1. The molecule has 1 unspecified atom stereocenters. The van der Waals surface area contributed by atoms with E-state index >= 15 is 0 Å². The molecule has 106 valence electrons. The monoisotopic (exact) mass is 296 g/mol. The maximum absolute atomic E-state index is 13.7. The van der Waals surface area contributed by atoms with E-state index in [-0.39, 0.29) is 12.4 Å². The number of nitrogens with one attached hydrogen (secondary N) is 1. The van der Waals surface area contributed by atoms with Crippen LogP contribution < -0.4 is 11.1 Å². The standard InChI is InChI=1S/C13H13FN2O3S/c1-6-10-7(14)3-2-4-9(10)20-11(6)13(19)16-5-8(17)12(15)18/h2-4,8,17H,5H2,1H3,(H2,15,18)(H,16,19). The van der Waals surface area contributed by atoms with Gasteiger partial charge in [0.25, 0.3) is 5.91 Å². The number of thiophene rings is 1. The summed E-state index contributed by atoms with van der Waals surface area (Å²) >= 11 is 1.16. The molecular formula is C13H13FN2O3S. The summed E-state index contributed by atoms with van der Waals surface area (Å²) in [4.78, 5) is 23.0. The van der Waals surface area contributed by atoms with Gasteiger partial charge >= 0.3 is 0 Å². The Labute approximate surface area is 118 Å². The Kier molecular flexibility index (Phi) is 4.01. The quantitative estimate of drug-likeness (QED) is 0.783. The average Bonchev–Trinajstić information content (AvgIpc) is 2.74. The van der Waals surface area contributed by atoms with Crippen LogP contribution in [0.3, 0.4) is 0 Å². The van der Waals surface area contributed by atoms with E-state index in [2.05, 4.69) is 5.32 Å². The summed E-state index contributed by atoms with van der Waals surface area (Å²) in [5.74, 6) is -1.76. The number of primary amides is 1. The van der Waals surface area contributed by atoms with Crippen molar-refractivity contribution in [3.05, 3.63) is 34.5 Å². The van der Waals surface area contributed by atoms with Crippen LogP contribution >= 0.6 is 11.3 Å². The molecule has 1 aromatic carbocycles. The molecule has 2 amide bonds. The third-order valence-corrected chi connectivity index (χ3v) is 4.15. The van der Waals surface area contributed by atoms with Crippen LogP contribution in [0.2, 0.25) is 0 Å². The SMILES string of the molecule is Cc1c(C(=O)NCC(O)C(N)=O)sc2cccc(F)c12. The van der Waals surface area contributed by atoms with Gasteiger partial charge < -0.3 is 16.2 Å². The van der Waals surface area contributed by atoms with E-state index in [1.807, 2.05) is 0 Å². The van der Waals surface area contributed by atoms with E-state index < -0.39 is 17.9 Å². The van der Waals surface area contributed by atoms with Gasteiger partial charge in [-0.1, -0.05) is 6.07 Å². The van der Waals surface area contributed by atoms with Crippen molar-refractivity contribution in [1.29, 1.82) is 0 Å². The first kappa shape index (κ1) is 14.4. The Bertz CT molecular complexity index is 684. The second kappa shape index (κ2) is 5.56. The topological polar surface area (TPSA) is 92.4 Å². The van der Waals surface area contributed by atoms with Crippen molar-refractivity contribution in [3.63, 3.8) is 0 Å². The van der Waals surface area contributed by atoms with E-state index in [1.165, 1.54) is 6.07 Å². The van der Waals surface area contributed by atoms with Crippen molar-refractivity contribution in [2.45, 2.75) is 13.0 Å². The Morgan fingerprint density at radius 2 is 2.20 bits per heavy atom. The first-order chi connectivity index (χ1) is 9.41. The maximum atomic E-state index is 13.7. The summed E-state index contributed by atoms with van der Waals surface area (Å²) in [6.07, 6.45) is -1.44. The van der Waals surface area contributed by atoms with Gasteiger partial charge in [0, 0.05) is 10.1 Å². The predicted octanol–water partition coefficient (Wildman–Crippen LogP) is 0.925. The van der Waals surface area contributed by atoms with Crippen molar-refractivity contribution in [2.75, 3.05) is 6.54 Å². The van der Waals surface area contributed by atoms with Crippen LogP contribution in [0.4, 0.5) is 4.39 Å². The summed E-state index contributed by atoms with van der Waals surface area (Å²) < 4.78 is 14.4. The minimum Gasteiger partial charge on any atom is -0.381 e. The van der Waals surface area contributed by atoms with Crippen LogP contribution in [-0.4, -0.2) is 29.6 Å². The molecule has 0 fully saturated rings. The number of aliphatic hydroxyl groups excluding tert-OH is 1. The number of fused-ring (bicyclic) bond motifs is 1. The summed E-state index contributed by atoms with van der Waals surface area (Å²) in [7, 11) is 0. The van der Waals surface area contributed by atoms with Crippen molar-refractivity contribution in [1.82, 2.24) is 5.32 Å². The highest BCUT2D eigenvalue weighted by Crippen LogP contribution is 2.32. The van der Waals surface area contributed by atoms with Gasteiger partial charge in [-0.25, -0.2) is 4.39 Å². The number of benzene rings is 1. The van der Waals surface area contributed by atoms with Gasteiger partial charge in [0.1, 0.15) is 11.9 Å². The first-order valence-corrected chi connectivity index (χ1v) is 6.66. The zero-order valence-corrected chi connectivity index (χ0v) is 11.5. The molecule has 7 heteroatoms. The van der Waals surface area contributed by atoms with E-state index in [4.69, 9.17) is 5.73 Å². The Balaban J connectivity index is 2.25. The third kappa shape index (κ3) is 2.63. The summed E-state index contributed by atoms with van der Waals surface area (Å²) in [5.41, 5.74) is 5.42. The highest BCUT2D eigenvalue weighted by Gasteiger charge is 2.19. The van der Waals surface area contributed by atoms with Gasteiger partial charge in [-0.15, -0.1) is 11.3 Å². The molecule has 1 aromatic heterocycles. The molecule has 1 atom stereocenters. The van der Waals surface area contributed by atoms with Crippen LogP contribution in [0.5, 0.6) is 0 Å². The number of nitrogens with two attached hydrogens (primary N) is 1. The molecule has 0 radical (unpaired) electrons. The number of aliphatic hydroxyl groups is 1. The normalized spacial score (nSPS) is 12.3. The molecule has 0 saturated heterocycles. The average molecular weight is 296 g/mol. The highest BCUT2D eigenvalue weighted by atomic mass is 32.1. The van der Waals surface area contributed by atoms with Gasteiger partial charge in [-0.2, -0.15) is 0 Å². The van der Waals surface area contributed by atoms with Crippen LogP contribution in [-0.2, 0) is 4.79 Å². The lowest BCUT2D eigenvalue weighted by Crippen LogP contribution is -2.39. The lowest BCUT2D eigenvalue weighted by Gasteiger charge is -2.07. The van der Waals surface area contributed by atoms with E-state index in [1.54, 1.807) is 19.1 Å². The first-order valence-electron chi connectivity index (χ1n) is 5.85. The molecule has 0 aliphatic heterocycles. The Hall–Kier alpha value is -1.99. The Morgan fingerprint density at radius 1 is 1.50 bits per heavy atom. The molecule has 2 aromatic rings. The molecule has 0 aliphatic rings. The number of rotatable bonds is 4. The fourth-order valence-corrected chi connectivity index (χ4v) is 2.98. The number of amides is 2. The summed E-state index contributed by atoms with van der Waals surface area (Å²) in [6.45, 7) is 1.38. The fraction of sp³-hybridized carbons (Fsp3) is 0.231. The maximum Gasteiger partial charge on any atom is 0.261 e. The molecule has 0 saturated carbocycles. The highest BCUT2D eigenvalue weighted by molar-refractivity contribution is 7.21. The second-order valence-corrected chi connectivity index (χ2v) is 5.35. The zero-order chi connectivity index (χ0) is 14.9. The third-order valence-electron chi connectivity index (χ3n) is 2.89. The van der Waals surface area contributed by atoms with Crippen molar-refractivity contribution >= 4 is 33.2 Å². The molecule has 0 spiro atoms. The van der Waals surface area contributed by atoms with Crippen LogP contribution in [0.1, 0.15) is 15.2 Å². The molecule has 0 aliphatic carbocycles. The fourth-order valence-electron chi connectivity index (χ4n) is 1.84. The molecular weight excluding hydrogens is 283 g/mol. The molecule has 2 rings (SSSR count). The molecule has 0 bridgehead atoms. The number of hydrogen-bond donors (Lipinski definition) is 3. The predicted molar refractivity (Wildman–Crippen MR) is 74.1 cm³/mol. The summed E-state index contributed by atoms with van der Waals surface area (Å²) in [6, 6.07) is 4.64. The lowest BCUT2D eigenvalue weighted by molar-refractivity contribution is -0.125. The summed E-state index contributed by atoms with van der Waals surface area (Å²) in [5, 5.41) is 12.0. The number of carbonyl (C=O) groups excluding carboxylic acids is 2. The number of hydrogen-bond acceptors (Lipinski definition) is 4. The molecule has 5 nitrogen and oxygen atoms in total. The van der Waals surface area contributed by atoms with Crippen LogP contribution in [0.15, 0.2) is 18.2 Å². The lowest BCUT2D eigenvalue weighted by atomic mass is 10.1. The van der Waals surface area contributed by atoms with E-state index in [9.17, 15) is 19.1 Å². The number of carbonyl (C=O) groups is 2. The molecule has 20 heavy (non-hydrogen) atoms. The second-order valence-electron chi connectivity index (χ2n) is 4.30. The van der Waals surface area contributed by atoms with Gasteiger partial charge in [-0.05, 0) is 24.6 Å².